The molecule has 0 saturated carbocycles. The van der Waals surface area contributed by atoms with Crippen molar-refractivity contribution in [1.29, 1.82) is 0 Å². The second-order valence-corrected chi connectivity index (χ2v) is 7.02. The zero-order valence-electron chi connectivity index (χ0n) is 15.1. The first-order chi connectivity index (χ1) is 14.6. The highest BCUT2D eigenvalue weighted by Gasteiger charge is 2.22. The summed E-state index contributed by atoms with van der Waals surface area (Å²) in [5.41, 5.74) is 7.44. The van der Waals surface area contributed by atoms with Gasteiger partial charge in [0, 0.05) is 35.1 Å². The van der Waals surface area contributed by atoms with E-state index in [-0.39, 0.29) is 28.3 Å². The van der Waals surface area contributed by atoms with Crippen molar-refractivity contribution in [2.24, 2.45) is 5.73 Å². The Morgan fingerprint density at radius 2 is 2.00 bits per heavy atom. The topological polar surface area (TPSA) is 158 Å². The summed E-state index contributed by atoms with van der Waals surface area (Å²) in [4.78, 5) is 38.0. The minimum absolute atomic E-state index is 0.0940. The van der Waals surface area contributed by atoms with E-state index in [1.165, 1.54) is 34.1 Å². The predicted octanol–water partition coefficient (Wildman–Crippen LogP) is 1.16. The van der Waals surface area contributed by atoms with Crippen LogP contribution in [0.3, 0.4) is 0 Å². The molecule has 0 radical (unpaired) electrons. The average Bonchev–Trinajstić information content (AvgIpc) is 3.46. The van der Waals surface area contributed by atoms with Crippen LogP contribution in [0.1, 0.15) is 10.4 Å². The SMILES string of the molecule is NC(=O)c1ccn2c(=O)c(-c3nn[nH]n3)c(-c3nc(-c4ccncc4)cs3)nc2c1. The van der Waals surface area contributed by atoms with E-state index in [4.69, 9.17) is 5.73 Å². The van der Waals surface area contributed by atoms with Crippen molar-refractivity contribution >= 4 is 22.9 Å². The number of H-pyrrole nitrogens is 1. The van der Waals surface area contributed by atoms with Gasteiger partial charge in [-0.25, -0.2) is 9.97 Å². The molecule has 0 aliphatic heterocycles. The van der Waals surface area contributed by atoms with E-state index in [1.807, 2.05) is 17.5 Å². The lowest BCUT2D eigenvalue weighted by molar-refractivity contribution is 0.1000. The number of primary amides is 1. The number of tetrazole rings is 1. The molecular weight excluding hydrogens is 406 g/mol. The van der Waals surface area contributed by atoms with Gasteiger partial charge in [-0.1, -0.05) is 0 Å². The summed E-state index contributed by atoms with van der Waals surface area (Å²) >= 11 is 1.32. The van der Waals surface area contributed by atoms with Crippen molar-refractivity contribution in [3.63, 3.8) is 0 Å². The molecule has 5 aromatic heterocycles. The molecule has 0 atom stereocenters. The molecular formula is C18H11N9O2S. The Labute approximate surface area is 171 Å². The lowest BCUT2D eigenvalue weighted by Crippen LogP contribution is -2.20. The van der Waals surface area contributed by atoms with Crippen LogP contribution in [0.15, 0.2) is 53.0 Å². The lowest BCUT2D eigenvalue weighted by Gasteiger charge is -2.07. The number of amides is 1. The smallest absolute Gasteiger partial charge is 0.269 e. The van der Waals surface area contributed by atoms with E-state index in [0.29, 0.717) is 10.7 Å². The quantitative estimate of drug-likeness (QED) is 0.441. The lowest BCUT2D eigenvalue weighted by atomic mass is 10.2. The fraction of sp³-hybridized carbons (Fsp3) is 0. The Morgan fingerprint density at radius 3 is 2.73 bits per heavy atom. The van der Waals surface area contributed by atoms with Crippen LogP contribution in [-0.2, 0) is 0 Å². The maximum atomic E-state index is 13.2. The predicted molar refractivity (Wildman–Crippen MR) is 107 cm³/mol. The van der Waals surface area contributed by atoms with Gasteiger partial charge >= 0.3 is 0 Å². The zero-order chi connectivity index (χ0) is 20.7. The third-order valence-electron chi connectivity index (χ3n) is 4.37. The molecule has 0 aliphatic carbocycles. The van der Waals surface area contributed by atoms with Crippen molar-refractivity contribution in [3.8, 4) is 33.3 Å². The van der Waals surface area contributed by atoms with Gasteiger partial charge in [-0.2, -0.15) is 5.21 Å². The second kappa shape index (κ2) is 6.93. The summed E-state index contributed by atoms with van der Waals surface area (Å²) < 4.78 is 1.29. The largest absolute Gasteiger partial charge is 0.366 e. The molecule has 30 heavy (non-hydrogen) atoms. The summed E-state index contributed by atoms with van der Waals surface area (Å²) in [5.74, 6) is -0.527. The molecule has 0 saturated heterocycles. The molecule has 1 amide bonds. The summed E-state index contributed by atoms with van der Waals surface area (Å²) in [7, 11) is 0. The fourth-order valence-corrected chi connectivity index (χ4v) is 3.78. The number of thiazole rings is 1. The van der Waals surface area contributed by atoms with Gasteiger partial charge < -0.3 is 5.73 Å². The molecule has 146 valence electrons. The maximum absolute atomic E-state index is 13.2. The fourth-order valence-electron chi connectivity index (χ4n) is 2.95. The average molecular weight is 417 g/mol. The highest BCUT2D eigenvalue weighted by molar-refractivity contribution is 7.13. The van der Waals surface area contributed by atoms with Crippen LogP contribution in [0.5, 0.6) is 0 Å². The summed E-state index contributed by atoms with van der Waals surface area (Å²) in [5, 5.41) is 16.1. The van der Waals surface area contributed by atoms with E-state index in [9.17, 15) is 9.59 Å². The highest BCUT2D eigenvalue weighted by Crippen LogP contribution is 2.31. The van der Waals surface area contributed by atoms with Gasteiger partial charge in [-0.05, 0) is 29.5 Å². The number of nitrogens with zero attached hydrogens (tertiary/aromatic N) is 7. The van der Waals surface area contributed by atoms with Crippen molar-refractivity contribution in [2.75, 3.05) is 0 Å². The first-order valence-electron chi connectivity index (χ1n) is 8.58. The molecule has 5 rings (SSSR count). The van der Waals surface area contributed by atoms with Crippen molar-refractivity contribution in [3.05, 3.63) is 64.2 Å². The number of pyridine rings is 2. The molecule has 0 fully saturated rings. The standard InChI is InChI=1S/C18H11N9O2S/c19-15(28)10-3-6-27-12(7-10)22-14(13(18(27)29)16-23-25-26-24-16)17-21-11(8-30-17)9-1-4-20-5-2-9/h1-8H,(H2,19,28)(H,23,24,25,26). The number of aromatic amines is 1. The first-order valence-corrected chi connectivity index (χ1v) is 9.46. The van der Waals surface area contributed by atoms with Crippen molar-refractivity contribution < 1.29 is 4.79 Å². The number of carbonyl (C=O) groups is 1. The third kappa shape index (κ3) is 2.91. The molecule has 0 unspecified atom stereocenters. The van der Waals surface area contributed by atoms with Crippen LogP contribution in [0, 0.1) is 0 Å². The molecule has 0 aromatic carbocycles. The number of nitrogens with one attached hydrogen (secondary N) is 1. The Morgan fingerprint density at radius 1 is 1.17 bits per heavy atom. The Kier molecular flexibility index (Phi) is 4.10. The summed E-state index contributed by atoms with van der Waals surface area (Å²) in [6, 6.07) is 6.56. The number of aromatic nitrogens is 8. The van der Waals surface area contributed by atoms with Crippen LogP contribution >= 0.6 is 11.3 Å². The first kappa shape index (κ1) is 17.8. The van der Waals surface area contributed by atoms with Gasteiger partial charge in [0.25, 0.3) is 5.56 Å². The number of rotatable bonds is 4. The second-order valence-electron chi connectivity index (χ2n) is 6.16. The zero-order valence-corrected chi connectivity index (χ0v) is 15.9. The molecule has 0 spiro atoms. The molecule has 5 heterocycles. The molecule has 12 heteroatoms. The van der Waals surface area contributed by atoms with E-state index in [2.05, 4.69) is 35.6 Å². The Balaban J connectivity index is 1.77. The van der Waals surface area contributed by atoms with Crippen LogP contribution in [0.25, 0.3) is 39.0 Å². The number of fused-ring (bicyclic) bond motifs is 1. The van der Waals surface area contributed by atoms with Gasteiger partial charge in [0.2, 0.25) is 11.7 Å². The van der Waals surface area contributed by atoms with Gasteiger partial charge in [0.05, 0.1) is 5.69 Å². The van der Waals surface area contributed by atoms with Gasteiger partial charge in [0.1, 0.15) is 21.9 Å². The van der Waals surface area contributed by atoms with Crippen molar-refractivity contribution in [2.45, 2.75) is 0 Å². The van der Waals surface area contributed by atoms with Crippen LogP contribution in [0.2, 0.25) is 0 Å². The number of carbonyl (C=O) groups excluding carboxylic acids is 1. The molecule has 0 aliphatic rings. The number of hydrogen-bond donors (Lipinski definition) is 2. The monoisotopic (exact) mass is 417 g/mol. The Hall–Kier alpha value is -4.32. The minimum atomic E-state index is -0.621. The Bertz CT molecular complexity index is 1440. The van der Waals surface area contributed by atoms with Gasteiger partial charge in [-0.3, -0.25) is 19.0 Å². The van der Waals surface area contributed by atoms with Gasteiger partial charge in [0.15, 0.2) is 0 Å². The van der Waals surface area contributed by atoms with E-state index < -0.39 is 11.5 Å². The number of nitrogens with two attached hydrogens (primary N) is 1. The van der Waals surface area contributed by atoms with E-state index in [0.717, 1.165) is 5.56 Å². The van der Waals surface area contributed by atoms with Crippen molar-refractivity contribution in [1.82, 2.24) is 40.0 Å². The maximum Gasteiger partial charge on any atom is 0.269 e. The molecule has 5 aromatic rings. The van der Waals surface area contributed by atoms with Crippen LogP contribution in [0.4, 0.5) is 0 Å². The van der Waals surface area contributed by atoms with E-state index >= 15 is 0 Å². The third-order valence-corrected chi connectivity index (χ3v) is 5.22. The number of hydrogen-bond acceptors (Lipinski definition) is 9. The van der Waals surface area contributed by atoms with Crippen LogP contribution < -0.4 is 11.3 Å². The minimum Gasteiger partial charge on any atom is -0.366 e. The molecule has 11 nitrogen and oxygen atoms in total. The van der Waals surface area contributed by atoms with Crippen LogP contribution in [-0.4, -0.2) is 45.9 Å². The summed E-state index contributed by atoms with van der Waals surface area (Å²) in [6.45, 7) is 0. The normalized spacial score (nSPS) is 11.1. The van der Waals surface area contributed by atoms with Gasteiger partial charge in [-0.15, -0.1) is 21.5 Å². The highest BCUT2D eigenvalue weighted by atomic mass is 32.1. The molecule has 0 bridgehead atoms. The summed E-state index contributed by atoms with van der Waals surface area (Å²) in [6.07, 6.45) is 4.78. The van der Waals surface area contributed by atoms with E-state index in [1.54, 1.807) is 12.4 Å². The molecule has 3 N–H and O–H groups in total.